The standard InChI is InChI=1S/C10H18N8O/c1-4-5-17-8(11-13-15-17)10(2,3)9-12-14-16-18(9)6-7-19/h19H,4-7H2,1-3H3. The van der Waals surface area contributed by atoms with E-state index in [-0.39, 0.29) is 6.61 Å². The lowest BCUT2D eigenvalue weighted by molar-refractivity contribution is 0.262. The lowest BCUT2D eigenvalue weighted by Gasteiger charge is -2.21. The molecule has 2 aromatic heterocycles. The van der Waals surface area contributed by atoms with Crippen molar-refractivity contribution < 1.29 is 5.11 Å². The monoisotopic (exact) mass is 266 g/mol. The Balaban J connectivity index is 2.40. The molecule has 19 heavy (non-hydrogen) atoms. The smallest absolute Gasteiger partial charge is 0.164 e. The minimum Gasteiger partial charge on any atom is -0.394 e. The SMILES string of the molecule is CCCn1nnnc1C(C)(C)c1nnnn1CCO. The number of hydrogen-bond donors (Lipinski definition) is 1. The molecule has 104 valence electrons. The minimum absolute atomic E-state index is 0.0198. The second-order valence-electron chi connectivity index (χ2n) is 4.80. The molecule has 0 aliphatic carbocycles. The Kier molecular flexibility index (Phi) is 3.84. The summed E-state index contributed by atoms with van der Waals surface area (Å²) in [7, 11) is 0. The highest BCUT2D eigenvalue weighted by Gasteiger charge is 2.35. The van der Waals surface area contributed by atoms with E-state index in [1.165, 1.54) is 0 Å². The lowest BCUT2D eigenvalue weighted by Crippen LogP contribution is -2.30. The van der Waals surface area contributed by atoms with E-state index in [1.54, 1.807) is 9.36 Å². The van der Waals surface area contributed by atoms with Gasteiger partial charge in [0.2, 0.25) is 0 Å². The first-order chi connectivity index (χ1) is 9.11. The summed E-state index contributed by atoms with van der Waals surface area (Å²) in [6.45, 7) is 7.06. The molecule has 0 fully saturated rings. The number of tetrazole rings is 2. The highest BCUT2D eigenvalue weighted by Crippen LogP contribution is 2.27. The van der Waals surface area contributed by atoms with Gasteiger partial charge in [-0.05, 0) is 41.1 Å². The lowest BCUT2D eigenvalue weighted by atomic mass is 9.91. The number of aliphatic hydroxyl groups excluding tert-OH is 1. The molecule has 0 unspecified atom stereocenters. The number of nitrogens with zero attached hydrogens (tertiary/aromatic N) is 8. The molecule has 9 heteroatoms. The normalized spacial score (nSPS) is 12.0. The third-order valence-corrected chi connectivity index (χ3v) is 2.93. The molecule has 0 aliphatic rings. The molecule has 0 saturated carbocycles. The van der Waals surface area contributed by atoms with Crippen molar-refractivity contribution >= 4 is 0 Å². The van der Waals surface area contributed by atoms with Gasteiger partial charge >= 0.3 is 0 Å². The molecule has 0 amide bonds. The van der Waals surface area contributed by atoms with Crippen LogP contribution < -0.4 is 0 Å². The Morgan fingerprint density at radius 1 is 1.00 bits per heavy atom. The summed E-state index contributed by atoms with van der Waals surface area (Å²) in [6.07, 6.45) is 0.940. The van der Waals surface area contributed by atoms with Crippen LogP contribution in [0.5, 0.6) is 0 Å². The van der Waals surface area contributed by atoms with Crippen LogP contribution in [0.1, 0.15) is 38.8 Å². The van der Waals surface area contributed by atoms with Gasteiger partial charge in [0.05, 0.1) is 18.6 Å². The van der Waals surface area contributed by atoms with Crippen LogP contribution in [-0.4, -0.2) is 52.1 Å². The zero-order valence-electron chi connectivity index (χ0n) is 11.4. The maximum absolute atomic E-state index is 9.04. The van der Waals surface area contributed by atoms with Crippen LogP contribution in [0.3, 0.4) is 0 Å². The number of aryl methyl sites for hydroxylation is 1. The van der Waals surface area contributed by atoms with E-state index >= 15 is 0 Å². The van der Waals surface area contributed by atoms with Crippen LogP contribution in [0.4, 0.5) is 0 Å². The van der Waals surface area contributed by atoms with Gasteiger partial charge in [0.15, 0.2) is 11.6 Å². The fraction of sp³-hybridized carbons (Fsp3) is 0.800. The molecule has 0 bridgehead atoms. The number of rotatable bonds is 6. The third-order valence-electron chi connectivity index (χ3n) is 2.93. The van der Waals surface area contributed by atoms with E-state index in [2.05, 4.69) is 38.0 Å². The van der Waals surface area contributed by atoms with E-state index in [0.717, 1.165) is 13.0 Å². The topological polar surface area (TPSA) is 107 Å². The van der Waals surface area contributed by atoms with Crippen molar-refractivity contribution in [1.29, 1.82) is 0 Å². The van der Waals surface area contributed by atoms with Crippen molar-refractivity contribution in [3.05, 3.63) is 11.6 Å². The highest BCUT2D eigenvalue weighted by atomic mass is 16.3. The van der Waals surface area contributed by atoms with Crippen LogP contribution in [0.15, 0.2) is 0 Å². The van der Waals surface area contributed by atoms with Gasteiger partial charge in [0, 0.05) is 6.54 Å². The molecule has 2 rings (SSSR count). The molecule has 2 aromatic rings. The summed E-state index contributed by atoms with van der Waals surface area (Å²) in [5.41, 5.74) is -0.530. The maximum atomic E-state index is 9.04. The molecular formula is C10H18N8O. The van der Waals surface area contributed by atoms with Gasteiger partial charge in [-0.25, -0.2) is 9.36 Å². The van der Waals surface area contributed by atoms with E-state index in [9.17, 15) is 0 Å². The summed E-state index contributed by atoms with van der Waals surface area (Å²) in [6, 6.07) is 0. The van der Waals surface area contributed by atoms with E-state index in [1.807, 2.05) is 13.8 Å². The number of aliphatic hydroxyl groups is 1. The van der Waals surface area contributed by atoms with Crippen LogP contribution in [0.2, 0.25) is 0 Å². The first kappa shape index (κ1) is 13.5. The fourth-order valence-electron chi connectivity index (χ4n) is 2.01. The van der Waals surface area contributed by atoms with Gasteiger partial charge in [-0.15, -0.1) is 10.2 Å². The maximum Gasteiger partial charge on any atom is 0.164 e. The number of aromatic nitrogens is 8. The van der Waals surface area contributed by atoms with Gasteiger partial charge in [0.25, 0.3) is 0 Å². The van der Waals surface area contributed by atoms with Gasteiger partial charge < -0.3 is 5.11 Å². The first-order valence-corrected chi connectivity index (χ1v) is 6.25. The van der Waals surface area contributed by atoms with Crippen LogP contribution in [0, 0.1) is 0 Å². The van der Waals surface area contributed by atoms with E-state index in [0.29, 0.717) is 18.2 Å². The molecule has 1 N–H and O–H groups in total. The molecule has 2 heterocycles. The van der Waals surface area contributed by atoms with Crippen molar-refractivity contribution in [3.8, 4) is 0 Å². The summed E-state index contributed by atoms with van der Waals surface area (Å²) in [5, 5.41) is 32.4. The first-order valence-electron chi connectivity index (χ1n) is 6.25. The quantitative estimate of drug-likeness (QED) is 0.742. The predicted molar refractivity (Wildman–Crippen MR) is 65.1 cm³/mol. The Morgan fingerprint density at radius 2 is 1.53 bits per heavy atom. The fourth-order valence-corrected chi connectivity index (χ4v) is 2.01. The average molecular weight is 266 g/mol. The van der Waals surface area contributed by atoms with Gasteiger partial charge in [-0.3, -0.25) is 0 Å². The van der Waals surface area contributed by atoms with Crippen molar-refractivity contribution in [2.45, 2.75) is 45.7 Å². The van der Waals surface area contributed by atoms with Crippen molar-refractivity contribution in [1.82, 2.24) is 40.4 Å². The molecule has 0 radical (unpaired) electrons. The predicted octanol–water partition coefficient (Wildman–Crippen LogP) is -0.612. The second kappa shape index (κ2) is 5.39. The van der Waals surface area contributed by atoms with Gasteiger partial charge in [-0.1, -0.05) is 6.92 Å². The Bertz CT molecular complexity index is 485. The van der Waals surface area contributed by atoms with Crippen LogP contribution in [0.25, 0.3) is 0 Å². The zero-order chi connectivity index (χ0) is 13.9. The van der Waals surface area contributed by atoms with Crippen molar-refractivity contribution in [2.24, 2.45) is 0 Å². The third kappa shape index (κ3) is 2.46. The largest absolute Gasteiger partial charge is 0.394 e. The van der Waals surface area contributed by atoms with Crippen molar-refractivity contribution in [3.63, 3.8) is 0 Å². The minimum atomic E-state index is -0.530. The molecular weight excluding hydrogens is 248 g/mol. The molecule has 0 aliphatic heterocycles. The highest BCUT2D eigenvalue weighted by molar-refractivity contribution is 5.16. The van der Waals surface area contributed by atoms with E-state index < -0.39 is 5.41 Å². The van der Waals surface area contributed by atoms with Gasteiger partial charge in [0.1, 0.15) is 0 Å². The Hall–Kier alpha value is -1.90. The Labute approximate surface area is 110 Å². The Morgan fingerprint density at radius 3 is 2.00 bits per heavy atom. The molecule has 0 aromatic carbocycles. The summed E-state index contributed by atoms with van der Waals surface area (Å²) in [4.78, 5) is 0. The zero-order valence-corrected chi connectivity index (χ0v) is 11.4. The summed E-state index contributed by atoms with van der Waals surface area (Å²) < 4.78 is 3.34. The molecule has 9 nitrogen and oxygen atoms in total. The summed E-state index contributed by atoms with van der Waals surface area (Å²) in [5.74, 6) is 1.34. The summed E-state index contributed by atoms with van der Waals surface area (Å²) >= 11 is 0. The van der Waals surface area contributed by atoms with Crippen molar-refractivity contribution in [2.75, 3.05) is 6.61 Å². The molecule has 0 saturated heterocycles. The average Bonchev–Trinajstić information content (AvgIpc) is 2.99. The van der Waals surface area contributed by atoms with Gasteiger partial charge in [-0.2, -0.15) is 0 Å². The molecule has 0 spiro atoms. The number of hydrogen-bond acceptors (Lipinski definition) is 7. The second-order valence-corrected chi connectivity index (χ2v) is 4.80. The van der Waals surface area contributed by atoms with E-state index in [4.69, 9.17) is 5.11 Å². The van der Waals surface area contributed by atoms with Crippen LogP contribution in [-0.2, 0) is 18.5 Å². The molecule has 0 atom stereocenters. The van der Waals surface area contributed by atoms with Crippen LogP contribution >= 0.6 is 0 Å².